The van der Waals surface area contributed by atoms with Crippen molar-refractivity contribution < 1.29 is 22.7 Å². The summed E-state index contributed by atoms with van der Waals surface area (Å²) in [5.41, 5.74) is -0.167. The monoisotopic (exact) mass is 375 g/mol. The summed E-state index contributed by atoms with van der Waals surface area (Å²) < 4.78 is 46.1. The predicted molar refractivity (Wildman–Crippen MR) is 93.0 cm³/mol. The lowest BCUT2D eigenvalue weighted by Gasteiger charge is -2.24. The molecule has 0 bridgehead atoms. The first-order valence-corrected chi connectivity index (χ1v) is 8.01. The highest BCUT2D eigenvalue weighted by Gasteiger charge is 2.37. The minimum Gasteiger partial charge on any atom is -0.436 e. The Labute approximate surface area is 153 Å². The van der Waals surface area contributed by atoms with Crippen LogP contribution in [0.1, 0.15) is 22.8 Å². The van der Waals surface area contributed by atoms with E-state index in [4.69, 9.17) is 4.74 Å². The number of rotatable bonds is 3. The summed E-state index contributed by atoms with van der Waals surface area (Å²) in [6, 6.07) is 9.38. The predicted octanol–water partition coefficient (Wildman–Crippen LogP) is 4.44. The topological polar surface area (TPSA) is 55.3 Å². The molecule has 5 nitrogen and oxygen atoms in total. The van der Waals surface area contributed by atoms with E-state index in [9.17, 15) is 18.0 Å². The molecule has 8 heteroatoms. The van der Waals surface area contributed by atoms with Crippen molar-refractivity contribution in [3.8, 4) is 0 Å². The van der Waals surface area contributed by atoms with Crippen molar-refractivity contribution in [3.05, 3.63) is 71.7 Å². The van der Waals surface area contributed by atoms with E-state index in [1.54, 1.807) is 30.3 Å². The molecule has 1 atom stereocenters. The number of aromatic nitrogens is 2. The molecule has 3 aromatic rings. The van der Waals surface area contributed by atoms with Crippen LogP contribution in [0.2, 0.25) is 0 Å². The standard InChI is InChI=1S/C19H16F3N3O2/c1-25(2)18(26)27-17(14-11-23-9-8-15(14)19(20,21)22)13-7-10-24-16-6-4-3-5-12(13)16/h3-11,17H,1-2H3. The Bertz CT molecular complexity index is 968. The highest BCUT2D eigenvalue weighted by atomic mass is 19.4. The van der Waals surface area contributed by atoms with Crippen molar-refractivity contribution in [2.45, 2.75) is 12.3 Å². The van der Waals surface area contributed by atoms with Crippen LogP contribution in [-0.2, 0) is 10.9 Å². The first-order valence-electron chi connectivity index (χ1n) is 8.01. The minimum absolute atomic E-state index is 0.239. The third-order valence-corrected chi connectivity index (χ3v) is 3.99. The van der Waals surface area contributed by atoms with Crippen molar-refractivity contribution in [2.24, 2.45) is 0 Å². The van der Waals surface area contributed by atoms with Crippen molar-refractivity contribution in [3.63, 3.8) is 0 Å². The second-order valence-electron chi connectivity index (χ2n) is 6.04. The molecule has 2 aromatic heterocycles. The highest BCUT2D eigenvalue weighted by Crippen LogP contribution is 2.39. The summed E-state index contributed by atoms with van der Waals surface area (Å²) in [5, 5.41) is 0.591. The number of fused-ring (bicyclic) bond motifs is 1. The Morgan fingerprint density at radius 1 is 1.07 bits per heavy atom. The van der Waals surface area contributed by atoms with Crippen molar-refractivity contribution >= 4 is 17.0 Å². The Kier molecular flexibility index (Phi) is 4.98. The maximum atomic E-state index is 13.5. The van der Waals surface area contributed by atoms with Gasteiger partial charge in [-0.05, 0) is 18.2 Å². The molecule has 1 aromatic carbocycles. The summed E-state index contributed by atoms with van der Waals surface area (Å²) >= 11 is 0. The number of nitrogens with zero attached hydrogens (tertiary/aromatic N) is 3. The van der Waals surface area contributed by atoms with E-state index in [1.807, 2.05) is 0 Å². The van der Waals surface area contributed by atoms with Crippen LogP contribution in [0, 0.1) is 0 Å². The average molecular weight is 375 g/mol. The Morgan fingerprint density at radius 3 is 2.52 bits per heavy atom. The zero-order valence-corrected chi connectivity index (χ0v) is 14.6. The summed E-state index contributed by atoms with van der Waals surface area (Å²) in [4.78, 5) is 21.4. The van der Waals surface area contributed by atoms with Gasteiger partial charge < -0.3 is 9.64 Å². The van der Waals surface area contributed by atoms with E-state index in [2.05, 4.69) is 9.97 Å². The molecule has 0 aliphatic carbocycles. The number of halogens is 3. The number of pyridine rings is 2. The maximum Gasteiger partial charge on any atom is 0.416 e. The normalized spacial score (nSPS) is 12.6. The van der Waals surface area contributed by atoms with Crippen molar-refractivity contribution in [1.82, 2.24) is 14.9 Å². The largest absolute Gasteiger partial charge is 0.436 e. The van der Waals surface area contributed by atoms with Crippen LogP contribution < -0.4 is 0 Å². The number of hydrogen-bond donors (Lipinski definition) is 0. The molecule has 0 N–H and O–H groups in total. The van der Waals surface area contributed by atoms with Gasteiger partial charge in [-0.2, -0.15) is 13.2 Å². The van der Waals surface area contributed by atoms with Gasteiger partial charge >= 0.3 is 12.3 Å². The SMILES string of the molecule is CN(C)C(=O)OC(c1cnccc1C(F)(F)F)c1ccnc2ccccc12. The van der Waals surface area contributed by atoms with Gasteiger partial charge in [-0.15, -0.1) is 0 Å². The molecule has 27 heavy (non-hydrogen) atoms. The Hall–Kier alpha value is -3.16. The van der Waals surface area contributed by atoms with Crippen LogP contribution >= 0.6 is 0 Å². The number of benzene rings is 1. The van der Waals surface area contributed by atoms with Crippen LogP contribution in [-0.4, -0.2) is 35.1 Å². The van der Waals surface area contributed by atoms with Gasteiger partial charge in [0.05, 0.1) is 11.1 Å². The number of carbonyl (C=O) groups is 1. The maximum absolute atomic E-state index is 13.5. The lowest BCUT2D eigenvalue weighted by atomic mass is 9.95. The average Bonchev–Trinajstić information content (AvgIpc) is 2.65. The summed E-state index contributed by atoms with van der Waals surface area (Å²) in [6.45, 7) is 0. The summed E-state index contributed by atoms with van der Waals surface area (Å²) in [7, 11) is 2.91. The van der Waals surface area contributed by atoms with Gasteiger partial charge in [0.1, 0.15) is 0 Å². The number of hydrogen-bond acceptors (Lipinski definition) is 4. The molecule has 0 saturated heterocycles. The molecule has 0 aliphatic rings. The van der Waals surface area contributed by atoms with Crippen LogP contribution in [0.3, 0.4) is 0 Å². The second-order valence-corrected chi connectivity index (χ2v) is 6.04. The molecule has 140 valence electrons. The third-order valence-electron chi connectivity index (χ3n) is 3.99. The smallest absolute Gasteiger partial charge is 0.416 e. The molecular weight excluding hydrogens is 359 g/mol. The highest BCUT2D eigenvalue weighted by molar-refractivity contribution is 5.83. The van der Waals surface area contributed by atoms with Gasteiger partial charge in [-0.1, -0.05) is 18.2 Å². The fraction of sp³-hybridized carbons (Fsp3) is 0.211. The molecule has 2 heterocycles. The van der Waals surface area contributed by atoms with Crippen LogP contribution in [0.25, 0.3) is 10.9 Å². The minimum atomic E-state index is -4.62. The second kappa shape index (κ2) is 7.22. The summed E-state index contributed by atoms with van der Waals surface area (Å²) in [6.07, 6.45) is -3.08. The molecule has 1 amide bonds. The van der Waals surface area contributed by atoms with Crippen molar-refractivity contribution in [2.75, 3.05) is 14.1 Å². The molecule has 0 spiro atoms. The first kappa shape index (κ1) is 18.6. The fourth-order valence-corrected chi connectivity index (χ4v) is 2.72. The summed E-state index contributed by atoms with van der Waals surface area (Å²) in [5.74, 6) is 0. The molecular formula is C19H16F3N3O2. The van der Waals surface area contributed by atoms with Gasteiger partial charge in [0, 0.05) is 49.2 Å². The van der Waals surface area contributed by atoms with Gasteiger partial charge in [0.2, 0.25) is 0 Å². The van der Waals surface area contributed by atoms with E-state index >= 15 is 0 Å². The molecule has 1 unspecified atom stereocenters. The number of para-hydroxylation sites is 1. The molecule has 0 aliphatic heterocycles. The van der Waals surface area contributed by atoms with Crippen molar-refractivity contribution in [1.29, 1.82) is 0 Å². The number of amides is 1. The van der Waals surface area contributed by atoms with Gasteiger partial charge in [-0.3, -0.25) is 9.97 Å². The van der Waals surface area contributed by atoms with E-state index < -0.39 is 23.9 Å². The van der Waals surface area contributed by atoms with E-state index in [-0.39, 0.29) is 5.56 Å². The molecule has 3 rings (SSSR count). The zero-order valence-electron chi connectivity index (χ0n) is 14.6. The number of alkyl halides is 3. The quantitative estimate of drug-likeness (QED) is 0.679. The van der Waals surface area contributed by atoms with Crippen LogP contribution in [0.5, 0.6) is 0 Å². The lowest BCUT2D eigenvalue weighted by molar-refractivity contribution is -0.139. The van der Waals surface area contributed by atoms with Crippen LogP contribution in [0.4, 0.5) is 18.0 Å². The van der Waals surface area contributed by atoms with Gasteiger partial charge in [0.15, 0.2) is 6.10 Å². The van der Waals surface area contributed by atoms with Crippen LogP contribution in [0.15, 0.2) is 55.0 Å². The van der Waals surface area contributed by atoms with E-state index in [0.29, 0.717) is 16.5 Å². The molecule has 0 radical (unpaired) electrons. The first-order chi connectivity index (χ1) is 12.8. The van der Waals surface area contributed by atoms with E-state index in [1.165, 1.54) is 20.3 Å². The molecule has 0 fully saturated rings. The third kappa shape index (κ3) is 3.84. The Morgan fingerprint density at radius 2 is 1.81 bits per heavy atom. The molecule has 0 saturated carbocycles. The zero-order chi connectivity index (χ0) is 19.6. The van der Waals surface area contributed by atoms with Gasteiger partial charge in [-0.25, -0.2) is 4.79 Å². The number of carbonyl (C=O) groups excluding carboxylic acids is 1. The van der Waals surface area contributed by atoms with Gasteiger partial charge in [0.25, 0.3) is 0 Å². The lowest BCUT2D eigenvalue weighted by Crippen LogP contribution is -2.26. The number of ether oxygens (including phenoxy) is 1. The van der Waals surface area contributed by atoms with E-state index in [0.717, 1.165) is 23.4 Å². The Balaban J connectivity index is 2.23. The fourth-order valence-electron chi connectivity index (χ4n) is 2.72.